The molecule has 0 saturated heterocycles. The largest absolute Gasteiger partial charge is 0.512 e. The van der Waals surface area contributed by atoms with E-state index >= 15 is 0 Å². The fourth-order valence-electron chi connectivity index (χ4n) is 0.101. The van der Waals surface area contributed by atoms with E-state index in [1.54, 1.807) is 0 Å². The maximum Gasteiger partial charge on any atom is 0.512 e. The molecule has 0 fully saturated rings. The van der Waals surface area contributed by atoms with Crippen LogP contribution in [0.1, 0.15) is 0 Å². The van der Waals surface area contributed by atoms with Gasteiger partial charge in [-0.15, -0.1) is 4.49 Å². The Morgan fingerprint density at radius 1 is 1.30 bits per heavy atom. The van der Waals surface area contributed by atoms with Gasteiger partial charge in [-0.25, -0.2) is 8.42 Å². The van der Waals surface area contributed by atoms with Gasteiger partial charge in [0, 0.05) is 0 Å². The van der Waals surface area contributed by atoms with Crippen molar-refractivity contribution < 1.29 is 26.2 Å². The van der Waals surface area contributed by atoms with Crippen molar-refractivity contribution in [2.45, 2.75) is 5.51 Å². The predicted octanol–water partition coefficient (Wildman–Crippen LogP) is 0.632. The molecule has 0 aliphatic carbocycles. The molecule has 0 aliphatic rings. The lowest BCUT2D eigenvalue weighted by Gasteiger charge is -2.02. The van der Waals surface area contributed by atoms with Crippen LogP contribution in [0, 0.1) is 0 Å². The number of rotatable bonds is 2. The Morgan fingerprint density at radius 2 is 1.70 bits per heavy atom. The number of hydrogen-bond acceptors (Lipinski definition) is 3. The van der Waals surface area contributed by atoms with Crippen molar-refractivity contribution in [1.29, 1.82) is 0 Å². The van der Waals surface area contributed by atoms with Gasteiger partial charge in [0.1, 0.15) is 0 Å². The molecule has 60 valence electrons. The molecule has 0 aromatic heterocycles. The molecular weight excluding hydrogens is 194 g/mol. The third kappa shape index (κ3) is 2.20. The maximum absolute atomic E-state index is 11.2. The highest BCUT2D eigenvalue weighted by Gasteiger charge is 2.45. The summed E-state index contributed by atoms with van der Waals surface area (Å²) in [6.07, 6.45) is 0. The van der Waals surface area contributed by atoms with Crippen molar-refractivity contribution in [2.75, 3.05) is 0 Å². The van der Waals surface area contributed by atoms with E-state index in [4.69, 9.17) is 0 Å². The molecule has 10 heavy (non-hydrogen) atoms. The van der Waals surface area contributed by atoms with Gasteiger partial charge in [-0.3, -0.25) is 4.57 Å². The lowest BCUT2D eigenvalue weighted by atomic mass is 11.6. The van der Waals surface area contributed by atoms with Gasteiger partial charge >= 0.3 is 15.5 Å². The predicted molar refractivity (Wildman–Crippen MR) is 25.7 cm³/mol. The van der Waals surface area contributed by atoms with Crippen LogP contribution in [0.3, 0.4) is 0 Å². The van der Waals surface area contributed by atoms with Crippen LogP contribution in [0.4, 0.5) is 13.2 Å². The number of hydrogen-bond donors (Lipinski definition) is 1. The monoisotopic (exact) mass is 195 g/mol. The number of alkyl halides is 3. The van der Waals surface area contributed by atoms with Crippen LogP contribution >= 0.6 is 8.61 Å². The van der Waals surface area contributed by atoms with Crippen LogP contribution in [-0.2, 0) is 14.6 Å². The Labute approximate surface area is 55.7 Å². The van der Waals surface area contributed by atoms with E-state index in [-0.39, 0.29) is 0 Å². The second-order valence-electron chi connectivity index (χ2n) is 1.13. The molecule has 0 aromatic carbocycles. The molecule has 0 rings (SSSR count). The summed E-state index contributed by atoms with van der Waals surface area (Å²) in [6, 6.07) is 0. The fraction of sp³-hybridized carbons (Fsp3) is 1.00. The standard InChI is InChI=1S/CHF3NO3PS/c2-1(3,4)10(7,8)5-9-6/h(H,5,6). The average Bonchev–Trinajstić information content (AvgIpc) is 1.61. The highest BCUT2D eigenvalue weighted by molar-refractivity contribution is 7.93. The second-order valence-corrected chi connectivity index (χ2v) is 3.51. The zero-order valence-corrected chi connectivity index (χ0v) is 5.93. The molecule has 0 radical (unpaired) electrons. The van der Waals surface area contributed by atoms with Crippen molar-refractivity contribution >= 4 is 18.6 Å². The first-order chi connectivity index (χ1) is 4.31. The molecule has 0 saturated carbocycles. The summed E-state index contributed by atoms with van der Waals surface area (Å²) >= 11 is 0. The van der Waals surface area contributed by atoms with Gasteiger partial charge in [0.15, 0.2) is 0 Å². The highest BCUT2D eigenvalue weighted by Crippen LogP contribution is 2.22. The van der Waals surface area contributed by atoms with Crippen LogP contribution in [0.15, 0.2) is 0 Å². The van der Waals surface area contributed by atoms with Crippen molar-refractivity contribution in [1.82, 2.24) is 4.49 Å². The molecule has 0 amide bonds. The van der Waals surface area contributed by atoms with Gasteiger partial charge in [-0.05, 0) is 0 Å². The maximum atomic E-state index is 11.2. The lowest BCUT2D eigenvalue weighted by Crippen LogP contribution is -2.30. The van der Waals surface area contributed by atoms with Gasteiger partial charge < -0.3 is 0 Å². The van der Waals surface area contributed by atoms with E-state index in [1.165, 1.54) is 0 Å². The molecule has 0 heterocycles. The topological polar surface area (TPSA) is 63.2 Å². The molecule has 4 nitrogen and oxygen atoms in total. The molecule has 1 N–H and O–H groups in total. The fourth-order valence-corrected chi connectivity index (χ4v) is 0.907. The van der Waals surface area contributed by atoms with Crippen LogP contribution in [-0.4, -0.2) is 13.9 Å². The quantitative estimate of drug-likeness (QED) is 0.657. The Kier molecular flexibility index (Phi) is 2.76. The van der Waals surface area contributed by atoms with E-state index < -0.39 is 24.1 Å². The first-order valence-corrected chi connectivity index (χ1v) is 4.01. The summed E-state index contributed by atoms with van der Waals surface area (Å²) in [6.45, 7) is 0. The Hall–Kier alpha value is -0.200. The van der Waals surface area contributed by atoms with E-state index in [2.05, 4.69) is 0 Å². The molecule has 0 aliphatic heterocycles. The van der Waals surface area contributed by atoms with Crippen molar-refractivity contribution in [2.24, 2.45) is 0 Å². The minimum Gasteiger partial charge on any atom is -0.255 e. The van der Waals surface area contributed by atoms with Crippen molar-refractivity contribution in [3.05, 3.63) is 0 Å². The summed E-state index contributed by atoms with van der Waals surface area (Å²) < 4.78 is 63.4. The number of sulfonamides is 1. The highest BCUT2D eigenvalue weighted by atomic mass is 32.2. The minimum atomic E-state index is -5.42. The summed E-state index contributed by atoms with van der Waals surface area (Å²) in [5.41, 5.74) is -5.40. The summed E-state index contributed by atoms with van der Waals surface area (Å²) in [4.78, 5) is 0. The van der Waals surface area contributed by atoms with Gasteiger partial charge in [0.2, 0.25) is 0 Å². The summed E-state index contributed by atoms with van der Waals surface area (Å²) in [5.74, 6) is 0. The molecule has 0 bridgehead atoms. The zero-order chi connectivity index (χ0) is 8.41. The zero-order valence-electron chi connectivity index (χ0n) is 4.21. The first kappa shape index (κ1) is 9.80. The van der Waals surface area contributed by atoms with Crippen LogP contribution in [0.2, 0.25) is 0 Å². The van der Waals surface area contributed by atoms with Crippen molar-refractivity contribution in [3.8, 4) is 0 Å². The first-order valence-electron chi connectivity index (χ1n) is 1.71. The van der Waals surface area contributed by atoms with Crippen LogP contribution in [0.25, 0.3) is 0 Å². The second kappa shape index (κ2) is 2.81. The van der Waals surface area contributed by atoms with Crippen molar-refractivity contribution in [3.63, 3.8) is 0 Å². The Balaban J connectivity index is 4.59. The van der Waals surface area contributed by atoms with E-state index in [0.717, 1.165) is 4.49 Å². The summed E-state index contributed by atoms with van der Waals surface area (Å²) in [7, 11) is -6.72. The smallest absolute Gasteiger partial charge is 0.255 e. The van der Waals surface area contributed by atoms with Gasteiger partial charge in [-0.1, -0.05) is 0 Å². The average molecular weight is 195 g/mol. The lowest BCUT2D eigenvalue weighted by molar-refractivity contribution is -0.0440. The normalized spacial score (nSPS) is 13.9. The van der Waals surface area contributed by atoms with Gasteiger partial charge in [0.25, 0.3) is 8.61 Å². The van der Waals surface area contributed by atoms with E-state index in [9.17, 15) is 26.2 Å². The minimum absolute atomic E-state index is 0.726. The number of halogens is 3. The molecule has 0 unspecified atom stereocenters. The van der Waals surface area contributed by atoms with Crippen LogP contribution in [0.5, 0.6) is 0 Å². The van der Waals surface area contributed by atoms with Gasteiger partial charge in [-0.2, -0.15) is 13.2 Å². The van der Waals surface area contributed by atoms with E-state index in [0.29, 0.717) is 0 Å². The Morgan fingerprint density at radius 3 is 1.80 bits per heavy atom. The van der Waals surface area contributed by atoms with Gasteiger partial charge in [0.05, 0.1) is 0 Å². The molecule has 0 aromatic rings. The SMILES string of the molecule is O=PNS(=O)(=O)C(F)(F)F. The Bertz CT molecular complexity index is 218. The molecule has 0 atom stereocenters. The third-order valence-electron chi connectivity index (χ3n) is 0.462. The van der Waals surface area contributed by atoms with E-state index in [1.807, 2.05) is 0 Å². The molecular formula is CHF3NO3PS. The number of nitrogens with one attached hydrogen (secondary N) is 1. The molecule has 9 heteroatoms. The summed E-state index contributed by atoms with van der Waals surface area (Å²) in [5, 5.41) is 0. The van der Waals surface area contributed by atoms with Crippen LogP contribution < -0.4 is 4.49 Å². The third-order valence-corrected chi connectivity index (χ3v) is 2.33. The molecule has 0 spiro atoms.